The van der Waals surface area contributed by atoms with Gasteiger partial charge in [0.2, 0.25) is 0 Å². The molecule has 0 spiro atoms. The van der Waals surface area contributed by atoms with Crippen LogP contribution >= 0.6 is 15.9 Å². The van der Waals surface area contributed by atoms with Gasteiger partial charge in [-0.1, -0.05) is 36.7 Å². The molecule has 0 aliphatic rings. The summed E-state index contributed by atoms with van der Waals surface area (Å²) < 4.78 is 7.31. The minimum Gasteiger partial charge on any atom is -0.415 e. The Morgan fingerprint density at radius 1 is 1.16 bits per heavy atom. The standard InChI is InChI=1S/C15H26BrNOSi/c1-15(2,3)19(5,6)18-12-11-17(4)14-9-7-13(16)8-10-14/h7-10H,11-12H2,1-6H3. The largest absolute Gasteiger partial charge is 0.415 e. The van der Waals surface area contributed by atoms with Gasteiger partial charge >= 0.3 is 0 Å². The van der Waals surface area contributed by atoms with Gasteiger partial charge in [-0.15, -0.1) is 0 Å². The number of rotatable bonds is 5. The van der Waals surface area contributed by atoms with Crippen molar-refractivity contribution >= 4 is 29.9 Å². The summed E-state index contributed by atoms with van der Waals surface area (Å²) in [6, 6.07) is 8.38. The van der Waals surface area contributed by atoms with E-state index in [-0.39, 0.29) is 5.04 Å². The maximum absolute atomic E-state index is 6.20. The summed E-state index contributed by atoms with van der Waals surface area (Å²) in [5.41, 5.74) is 1.22. The van der Waals surface area contributed by atoms with Crippen LogP contribution in [0, 0.1) is 0 Å². The van der Waals surface area contributed by atoms with Crippen LogP contribution in [0.4, 0.5) is 5.69 Å². The Morgan fingerprint density at radius 2 is 1.68 bits per heavy atom. The smallest absolute Gasteiger partial charge is 0.192 e. The molecule has 0 aliphatic carbocycles. The van der Waals surface area contributed by atoms with Crippen molar-refractivity contribution in [2.24, 2.45) is 0 Å². The van der Waals surface area contributed by atoms with Gasteiger partial charge in [0.1, 0.15) is 0 Å². The van der Waals surface area contributed by atoms with Crippen molar-refractivity contribution in [3.8, 4) is 0 Å². The van der Waals surface area contributed by atoms with Crippen molar-refractivity contribution in [1.82, 2.24) is 0 Å². The molecule has 4 heteroatoms. The van der Waals surface area contributed by atoms with E-state index < -0.39 is 8.32 Å². The van der Waals surface area contributed by atoms with E-state index in [1.807, 2.05) is 0 Å². The first-order chi connectivity index (χ1) is 8.63. The normalized spacial score (nSPS) is 12.6. The van der Waals surface area contributed by atoms with Crippen molar-refractivity contribution in [1.29, 1.82) is 0 Å². The van der Waals surface area contributed by atoms with Crippen molar-refractivity contribution in [2.45, 2.75) is 38.9 Å². The Balaban J connectivity index is 2.47. The van der Waals surface area contributed by atoms with Crippen LogP contribution in [0.3, 0.4) is 0 Å². The van der Waals surface area contributed by atoms with E-state index in [9.17, 15) is 0 Å². The average molecular weight is 344 g/mol. The third kappa shape index (κ3) is 4.93. The molecule has 0 saturated heterocycles. The summed E-state index contributed by atoms with van der Waals surface area (Å²) in [5.74, 6) is 0. The molecule has 0 aliphatic heterocycles. The summed E-state index contributed by atoms with van der Waals surface area (Å²) in [6.45, 7) is 13.1. The van der Waals surface area contributed by atoms with E-state index >= 15 is 0 Å². The fraction of sp³-hybridized carbons (Fsp3) is 0.600. The van der Waals surface area contributed by atoms with Gasteiger partial charge in [-0.2, -0.15) is 0 Å². The molecule has 1 aromatic carbocycles. The van der Waals surface area contributed by atoms with Gasteiger partial charge in [0.25, 0.3) is 0 Å². The second-order valence-corrected chi connectivity index (χ2v) is 12.2. The summed E-state index contributed by atoms with van der Waals surface area (Å²) in [5, 5.41) is 0.281. The number of anilines is 1. The zero-order valence-electron chi connectivity index (χ0n) is 13.0. The van der Waals surface area contributed by atoms with Crippen molar-refractivity contribution < 1.29 is 4.43 Å². The fourth-order valence-electron chi connectivity index (χ4n) is 1.48. The molecule has 0 fully saturated rings. The fourth-order valence-corrected chi connectivity index (χ4v) is 2.78. The van der Waals surface area contributed by atoms with Crippen LogP contribution in [0.25, 0.3) is 0 Å². The van der Waals surface area contributed by atoms with E-state index in [1.54, 1.807) is 0 Å². The van der Waals surface area contributed by atoms with E-state index in [0.717, 1.165) is 17.6 Å². The number of likely N-dealkylation sites (N-methyl/N-ethyl adjacent to an activating group) is 1. The van der Waals surface area contributed by atoms with E-state index in [1.165, 1.54) is 5.69 Å². The molecular weight excluding hydrogens is 318 g/mol. The molecule has 0 N–H and O–H groups in total. The zero-order valence-corrected chi connectivity index (χ0v) is 15.5. The molecule has 0 bridgehead atoms. The highest BCUT2D eigenvalue weighted by Gasteiger charge is 2.36. The average Bonchev–Trinajstić information content (AvgIpc) is 2.28. The third-order valence-corrected chi connectivity index (χ3v) is 9.03. The molecule has 0 atom stereocenters. The Kier molecular flexibility index (Phi) is 5.65. The third-order valence-electron chi connectivity index (χ3n) is 3.96. The van der Waals surface area contributed by atoms with Crippen LogP contribution in [0.1, 0.15) is 20.8 Å². The molecule has 2 nitrogen and oxygen atoms in total. The number of benzene rings is 1. The molecule has 0 saturated carbocycles. The first kappa shape index (κ1) is 16.7. The topological polar surface area (TPSA) is 12.5 Å². The maximum Gasteiger partial charge on any atom is 0.192 e. The van der Waals surface area contributed by atoms with Gasteiger partial charge in [0.15, 0.2) is 8.32 Å². The lowest BCUT2D eigenvalue weighted by Crippen LogP contribution is -2.42. The minimum atomic E-state index is -1.62. The molecule has 0 unspecified atom stereocenters. The Bertz CT molecular complexity index is 398. The summed E-state index contributed by atoms with van der Waals surface area (Å²) >= 11 is 3.46. The quantitative estimate of drug-likeness (QED) is 0.704. The zero-order chi connectivity index (χ0) is 14.7. The van der Waals surface area contributed by atoms with Crippen LogP contribution in [-0.2, 0) is 4.43 Å². The lowest BCUT2D eigenvalue weighted by molar-refractivity contribution is 0.296. The highest BCUT2D eigenvalue weighted by atomic mass is 79.9. The second kappa shape index (κ2) is 6.42. The lowest BCUT2D eigenvalue weighted by atomic mass is 10.2. The molecule has 0 amide bonds. The van der Waals surface area contributed by atoms with Crippen LogP contribution < -0.4 is 4.90 Å². The molecule has 0 radical (unpaired) electrons. The van der Waals surface area contributed by atoms with Crippen LogP contribution in [0.15, 0.2) is 28.7 Å². The number of nitrogens with zero attached hydrogens (tertiary/aromatic N) is 1. The molecule has 1 aromatic rings. The van der Waals surface area contributed by atoms with E-state index in [0.29, 0.717) is 0 Å². The first-order valence-corrected chi connectivity index (χ1v) is 10.4. The van der Waals surface area contributed by atoms with Gasteiger partial charge in [0.05, 0.1) is 6.61 Å². The van der Waals surface area contributed by atoms with Crippen molar-refractivity contribution in [3.63, 3.8) is 0 Å². The highest BCUT2D eigenvalue weighted by Crippen LogP contribution is 2.36. The van der Waals surface area contributed by atoms with Gasteiger partial charge < -0.3 is 9.33 Å². The van der Waals surface area contributed by atoms with Gasteiger partial charge in [-0.3, -0.25) is 0 Å². The molecule has 1 rings (SSSR count). The van der Waals surface area contributed by atoms with E-state index in [2.05, 4.69) is 86.0 Å². The Labute approximate surface area is 127 Å². The lowest BCUT2D eigenvalue weighted by Gasteiger charge is -2.36. The van der Waals surface area contributed by atoms with E-state index in [4.69, 9.17) is 4.43 Å². The molecular formula is C15H26BrNOSi. The molecule has 0 aromatic heterocycles. The van der Waals surface area contributed by atoms with Crippen molar-refractivity contribution in [2.75, 3.05) is 25.1 Å². The SMILES string of the molecule is CN(CCO[Si](C)(C)C(C)(C)C)c1ccc(Br)cc1. The first-order valence-electron chi connectivity index (χ1n) is 6.74. The van der Waals surface area contributed by atoms with Crippen LogP contribution in [0.2, 0.25) is 18.1 Å². The van der Waals surface area contributed by atoms with Gasteiger partial charge in [0, 0.05) is 23.8 Å². The van der Waals surface area contributed by atoms with Gasteiger partial charge in [-0.05, 0) is 42.4 Å². The summed E-state index contributed by atoms with van der Waals surface area (Å²) in [7, 11) is 0.494. The summed E-state index contributed by atoms with van der Waals surface area (Å²) in [4.78, 5) is 2.24. The predicted molar refractivity (Wildman–Crippen MR) is 90.6 cm³/mol. The predicted octanol–water partition coefficient (Wildman–Crippen LogP) is 4.91. The van der Waals surface area contributed by atoms with Crippen molar-refractivity contribution in [3.05, 3.63) is 28.7 Å². The number of hydrogen-bond acceptors (Lipinski definition) is 2. The highest BCUT2D eigenvalue weighted by molar-refractivity contribution is 9.10. The van der Waals surface area contributed by atoms with Crippen LogP contribution in [-0.4, -0.2) is 28.5 Å². The second-order valence-electron chi connectivity index (χ2n) is 6.51. The molecule has 19 heavy (non-hydrogen) atoms. The minimum absolute atomic E-state index is 0.281. The molecule has 108 valence electrons. The summed E-state index contributed by atoms with van der Waals surface area (Å²) in [6.07, 6.45) is 0. The monoisotopic (exact) mass is 343 g/mol. The Hall–Kier alpha value is -0.323. The maximum atomic E-state index is 6.20. The number of halogens is 1. The van der Waals surface area contributed by atoms with Crippen LogP contribution in [0.5, 0.6) is 0 Å². The Morgan fingerprint density at radius 3 is 2.16 bits per heavy atom. The molecule has 0 heterocycles. The number of hydrogen-bond donors (Lipinski definition) is 0. The van der Waals surface area contributed by atoms with Gasteiger partial charge in [-0.25, -0.2) is 0 Å².